The van der Waals surface area contributed by atoms with Gasteiger partial charge in [0, 0.05) is 0 Å². The number of carbonyl (C=O) groups is 1. The van der Waals surface area contributed by atoms with E-state index in [1.54, 1.807) is 13.8 Å². The first-order valence-electron chi connectivity index (χ1n) is 5.25. The van der Waals surface area contributed by atoms with Crippen LogP contribution in [-0.4, -0.2) is 40.6 Å². The Morgan fingerprint density at radius 1 is 1.53 bits per heavy atom. The monoisotopic (exact) mass is 244 g/mol. The molecule has 6 nitrogen and oxygen atoms in total. The predicted octanol–water partition coefficient (Wildman–Crippen LogP) is 0.151. The maximum atomic E-state index is 11.5. The Bertz CT molecular complexity index is 383. The van der Waals surface area contributed by atoms with E-state index in [9.17, 15) is 15.0 Å². The van der Waals surface area contributed by atoms with Gasteiger partial charge in [0.1, 0.15) is 29.3 Å². The van der Waals surface area contributed by atoms with E-state index in [1.165, 1.54) is 6.07 Å². The van der Waals surface area contributed by atoms with Crippen molar-refractivity contribution in [3.05, 3.63) is 23.2 Å². The lowest BCUT2D eigenvalue weighted by Gasteiger charge is -2.12. The number of aliphatic hydroxyl groups excluding tert-OH is 3. The minimum atomic E-state index is -1.37. The number of esters is 1. The van der Waals surface area contributed by atoms with Crippen molar-refractivity contribution in [2.45, 2.75) is 26.1 Å². The van der Waals surface area contributed by atoms with E-state index >= 15 is 0 Å². The van der Waals surface area contributed by atoms with Gasteiger partial charge in [-0.15, -0.1) is 0 Å². The number of rotatable bonds is 5. The van der Waals surface area contributed by atoms with Gasteiger partial charge >= 0.3 is 5.97 Å². The zero-order chi connectivity index (χ0) is 13.0. The van der Waals surface area contributed by atoms with Crippen LogP contribution >= 0.6 is 0 Å². The molecule has 2 atom stereocenters. The molecular weight excluding hydrogens is 228 g/mol. The SMILES string of the molecule is CCOC(=O)c1cc([C@H](O)[C@H](O)CO)oc1C. The molecule has 17 heavy (non-hydrogen) atoms. The number of aryl methyl sites for hydroxylation is 1. The van der Waals surface area contributed by atoms with Crippen LogP contribution in [0.5, 0.6) is 0 Å². The third-order valence-corrected chi connectivity index (χ3v) is 2.28. The number of carbonyl (C=O) groups excluding carboxylic acids is 1. The third-order valence-electron chi connectivity index (χ3n) is 2.28. The van der Waals surface area contributed by atoms with Crippen molar-refractivity contribution >= 4 is 5.97 Å². The lowest BCUT2D eigenvalue weighted by atomic mass is 10.1. The van der Waals surface area contributed by atoms with Crippen LogP contribution in [-0.2, 0) is 4.74 Å². The van der Waals surface area contributed by atoms with E-state index in [-0.39, 0.29) is 17.9 Å². The average Bonchev–Trinajstić information content (AvgIpc) is 2.69. The highest BCUT2D eigenvalue weighted by Crippen LogP contribution is 2.23. The Kier molecular flexibility index (Phi) is 4.68. The second kappa shape index (κ2) is 5.81. The molecule has 0 unspecified atom stereocenters. The molecule has 0 saturated heterocycles. The second-order valence-electron chi connectivity index (χ2n) is 3.53. The van der Waals surface area contributed by atoms with Crippen molar-refractivity contribution < 1.29 is 29.3 Å². The van der Waals surface area contributed by atoms with Gasteiger partial charge in [-0.1, -0.05) is 0 Å². The van der Waals surface area contributed by atoms with Crippen LogP contribution < -0.4 is 0 Å². The van der Waals surface area contributed by atoms with Crippen molar-refractivity contribution in [2.24, 2.45) is 0 Å². The summed E-state index contributed by atoms with van der Waals surface area (Å²) >= 11 is 0. The molecular formula is C11H16O6. The molecule has 1 rings (SSSR count). The van der Waals surface area contributed by atoms with Crippen LogP contribution in [0.4, 0.5) is 0 Å². The molecule has 0 aliphatic heterocycles. The van der Waals surface area contributed by atoms with Crippen molar-refractivity contribution in [2.75, 3.05) is 13.2 Å². The first-order chi connectivity index (χ1) is 8.01. The largest absolute Gasteiger partial charge is 0.463 e. The molecule has 3 N–H and O–H groups in total. The van der Waals surface area contributed by atoms with Gasteiger partial charge in [0.15, 0.2) is 0 Å². The Hall–Kier alpha value is -1.37. The number of hydrogen-bond donors (Lipinski definition) is 3. The predicted molar refractivity (Wildman–Crippen MR) is 57.5 cm³/mol. The highest BCUT2D eigenvalue weighted by Gasteiger charge is 2.24. The smallest absolute Gasteiger partial charge is 0.341 e. The van der Waals surface area contributed by atoms with Crippen molar-refractivity contribution in [1.82, 2.24) is 0 Å². The molecule has 1 aromatic rings. The Morgan fingerprint density at radius 3 is 2.71 bits per heavy atom. The van der Waals surface area contributed by atoms with Gasteiger partial charge in [-0.05, 0) is 19.9 Å². The number of hydrogen-bond acceptors (Lipinski definition) is 6. The van der Waals surface area contributed by atoms with Gasteiger partial charge < -0.3 is 24.5 Å². The molecule has 0 spiro atoms. The van der Waals surface area contributed by atoms with Gasteiger partial charge in [0.25, 0.3) is 0 Å². The Labute approximate surface area is 98.4 Å². The molecule has 1 heterocycles. The second-order valence-corrected chi connectivity index (χ2v) is 3.53. The zero-order valence-electron chi connectivity index (χ0n) is 9.71. The summed E-state index contributed by atoms with van der Waals surface area (Å²) in [6.45, 7) is 2.86. The summed E-state index contributed by atoms with van der Waals surface area (Å²) in [5.41, 5.74) is 0.200. The quantitative estimate of drug-likeness (QED) is 0.637. The highest BCUT2D eigenvalue weighted by atomic mass is 16.5. The standard InChI is InChI=1S/C11H16O6/c1-3-16-11(15)7-4-9(17-6(7)2)10(14)8(13)5-12/h4,8,10,12-14H,3,5H2,1-2H3/t8-,10-/m1/s1. The molecule has 0 saturated carbocycles. The minimum Gasteiger partial charge on any atom is -0.463 e. The van der Waals surface area contributed by atoms with E-state index in [0.717, 1.165) is 0 Å². The summed E-state index contributed by atoms with van der Waals surface area (Å²) in [6, 6.07) is 1.30. The average molecular weight is 244 g/mol. The van der Waals surface area contributed by atoms with E-state index in [0.29, 0.717) is 5.76 Å². The van der Waals surface area contributed by atoms with Gasteiger partial charge in [0.05, 0.1) is 13.2 Å². The molecule has 0 fully saturated rings. The molecule has 0 aliphatic carbocycles. The number of aliphatic hydroxyl groups is 3. The number of ether oxygens (including phenoxy) is 1. The lowest BCUT2D eigenvalue weighted by Crippen LogP contribution is -2.21. The van der Waals surface area contributed by atoms with Crippen LogP contribution in [0.3, 0.4) is 0 Å². The van der Waals surface area contributed by atoms with Gasteiger partial charge in [0.2, 0.25) is 0 Å². The van der Waals surface area contributed by atoms with Crippen molar-refractivity contribution in [1.29, 1.82) is 0 Å². The van der Waals surface area contributed by atoms with Crippen molar-refractivity contribution in [3.8, 4) is 0 Å². The fourth-order valence-corrected chi connectivity index (χ4v) is 1.35. The van der Waals surface area contributed by atoms with Crippen molar-refractivity contribution in [3.63, 3.8) is 0 Å². The van der Waals surface area contributed by atoms with E-state index in [4.69, 9.17) is 14.3 Å². The van der Waals surface area contributed by atoms with Crippen LogP contribution in [0.15, 0.2) is 10.5 Å². The summed E-state index contributed by atoms with van der Waals surface area (Å²) in [5, 5.41) is 27.5. The summed E-state index contributed by atoms with van der Waals surface area (Å²) in [7, 11) is 0. The van der Waals surface area contributed by atoms with Crippen LogP contribution in [0, 0.1) is 6.92 Å². The fourth-order valence-electron chi connectivity index (χ4n) is 1.35. The summed E-state index contributed by atoms with van der Waals surface area (Å²) in [5.74, 6) is -0.236. The first-order valence-corrected chi connectivity index (χ1v) is 5.25. The molecule has 0 aromatic carbocycles. The van der Waals surface area contributed by atoms with Gasteiger partial charge in [-0.25, -0.2) is 4.79 Å². The molecule has 0 amide bonds. The van der Waals surface area contributed by atoms with Gasteiger partial charge in [-0.2, -0.15) is 0 Å². The lowest BCUT2D eigenvalue weighted by molar-refractivity contribution is -0.0254. The van der Waals surface area contributed by atoms with E-state index < -0.39 is 24.8 Å². The maximum Gasteiger partial charge on any atom is 0.341 e. The number of furan rings is 1. The molecule has 0 aliphatic rings. The Balaban J connectivity index is 2.91. The fraction of sp³-hybridized carbons (Fsp3) is 0.545. The molecule has 1 aromatic heterocycles. The highest BCUT2D eigenvalue weighted by molar-refractivity contribution is 5.90. The Morgan fingerprint density at radius 2 is 2.18 bits per heavy atom. The van der Waals surface area contributed by atoms with Crippen LogP contribution in [0.2, 0.25) is 0 Å². The zero-order valence-corrected chi connectivity index (χ0v) is 9.71. The maximum absolute atomic E-state index is 11.5. The van der Waals surface area contributed by atoms with E-state index in [2.05, 4.69) is 0 Å². The third kappa shape index (κ3) is 3.06. The summed E-state index contributed by atoms with van der Waals surface area (Å²) in [6.07, 6.45) is -2.72. The minimum absolute atomic E-state index is 0.0205. The molecule has 0 bridgehead atoms. The van der Waals surface area contributed by atoms with Crippen LogP contribution in [0.1, 0.15) is 34.9 Å². The normalized spacial score (nSPS) is 14.4. The molecule has 6 heteroatoms. The summed E-state index contributed by atoms with van der Waals surface area (Å²) in [4.78, 5) is 11.5. The topological polar surface area (TPSA) is 100 Å². The molecule has 96 valence electrons. The van der Waals surface area contributed by atoms with E-state index in [1.807, 2.05) is 0 Å². The molecule has 0 radical (unpaired) electrons. The van der Waals surface area contributed by atoms with Gasteiger partial charge in [-0.3, -0.25) is 0 Å². The first kappa shape index (κ1) is 13.7. The summed E-state index contributed by atoms with van der Waals surface area (Å²) < 4.78 is 9.94. The van der Waals surface area contributed by atoms with Crippen LogP contribution in [0.25, 0.3) is 0 Å².